The van der Waals surface area contributed by atoms with Gasteiger partial charge in [-0.05, 0) is 20.3 Å². The minimum Gasteiger partial charge on any atom is -0.477 e. The zero-order valence-electron chi connectivity index (χ0n) is 11.8. The molecule has 9 heteroatoms. The third kappa shape index (κ3) is 2.79. The number of rotatable bonds is 3. The normalized spacial score (nSPS) is 17.3. The largest absolute Gasteiger partial charge is 0.477 e. The Morgan fingerprint density at radius 3 is 2.57 bits per heavy atom. The third-order valence-electron chi connectivity index (χ3n) is 3.41. The van der Waals surface area contributed by atoms with E-state index in [0.29, 0.717) is 13.0 Å². The first-order valence-corrected chi connectivity index (χ1v) is 7.88. The van der Waals surface area contributed by atoms with Crippen LogP contribution >= 0.6 is 0 Å². The van der Waals surface area contributed by atoms with Crippen LogP contribution in [0.15, 0.2) is 4.90 Å². The molecule has 1 aliphatic rings. The third-order valence-corrected chi connectivity index (χ3v) is 5.53. The van der Waals surface area contributed by atoms with Gasteiger partial charge in [0.25, 0.3) is 0 Å². The first-order chi connectivity index (χ1) is 9.75. The fourth-order valence-electron chi connectivity index (χ4n) is 2.45. The smallest absolute Gasteiger partial charge is 0.352 e. The molecule has 116 valence electrons. The monoisotopic (exact) mass is 315 g/mol. The summed E-state index contributed by atoms with van der Waals surface area (Å²) in [6.07, 6.45) is 0.513. The molecule has 1 amide bonds. The van der Waals surface area contributed by atoms with E-state index in [-0.39, 0.29) is 40.8 Å². The molecule has 0 bridgehead atoms. The number of aromatic carboxylic acids is 1. The number of nitrogens with zero attached hydrogens (tertiary/aromatic N) is 1. The lowest BCUT2D eigenvalue weighted by molar-refractivity contribution is -0.120. The van der Waals surface area contributed by atoms with Crippen molar-refractivity contribution < 1.29 is 23.1 Å². The van der Waals surface area contributed by atoms with Crippen LogP contribution in [0.5, 0.6) is 0 Å². The maximum absolute atomic E-state index is 12.7. The van der Waals surface area contributed by atoms with Crippen LogP contribution in [-0.4, -0.2) is 54.3 Å². The molecule has 0 aromatic carbocycles. The predicted octanol–water partition coefficient (Wildman–Crippen LogP) is -0.160. The van der Waals surface area contributed by atoms with E-state index in [1.54, 1.807) is 0 Å². The Hall–Kier alpha value is -1.87. The molecule has 1 aromatic rings. The highest BCUT2D eigenvalue weighted by Gasteiger charge is 2.33. The number of aromatic amines is 1. The van der Waals surface area contributed by atoms with Gasteiger partial charge < -0.3 is 15.4 Å². The second kappa shape index (κ2) is 5.49. The van der Waals surface area contributed by atoms with E-state index >= 15 is 0 Å². The molecule has 8 nitrogen and oxygen atoms in total. The number of nitrogens with one attached hydrogen (secondary N) is 2. The van der Waals surface area contributed by atoms with Gasteiger partial charge in [0.2, 0.25) is 15.9 Å². The fraction of sp³-hybridized carbons (Fsp3) is 0.500. The maximum Gasteiger partial charge on any atom is 0.352 e. The Morgan fingerprint density at radius 2 is 2.00 bits per heavy atom. The lowest BCUT2D eigenvalue weighted by Crippen LogP contribution is -2.37. The second-order valence-corrected chi connectivity index (χ2v) is 6.80. The van der Waals surface area contributed by atoms with Crippen molar-refractivity contribution in [2.24, 2.45) is 0 Å². The summed E-state index contributed by atoms with van der Waals surface area (Å²) in [6.45, 7) is 3.33. The highest BCUT2D eigenvalue weighted by Crippen LogP contribution is 2.26. The number of H-pyrrole nitrogens is 1. The highest BCUT2D eigenvalue weighted by atomic mass is 32.2. The fourth-order valence-corrected chi connectivity index (χ4v) is 4.29. The molecular weight excluding hydrogens is 298 g/mol. The summed E-state index contributed by atoms with van der Waals surface area (Å²) >= 11 is 0. The summed E-state index contributed by atoms with van der Waals surface area (Å²) < 4.78 is 26.5. The molecule has 1 aromatic heterocycles. The number of carboxylic acid groups (broad SMARTS) is 1. The lowest BCUT2D eigenvalue weighted by Gasteiger charge is -2.19. The van der Waals surface area contributed by atoms with E-state index in [9.17, 15) is 18.0 Å². The van der Waals surface area contributed by atoms with Crippen molar-refractivity contribution in [3.63, 3.8) is 0 Å². The van der Waals surface area contributed by atoms with E-state index in [2.05, 4.69) is 10.3 Å². The summed E-state index contributed by atoms with van der Waals surface area (Å²) in [4.78, 5) is 25.1. The van der Waals surface area contributed by atoms with Gasteiger partial charge in [-0.1, -0.05) is 0 Å². The maximum atomic E-state index is 12.7. The van der Waals surface area contributed by atoms with E-state index in [1.165, 1.54) is 13.8 Å². The number of carbonyl (C=O) groups is 2. The van der Waals surface area contributed by atoms with Crippen LogP contribution in [0.2, 0.25) is 0 Å². The number of aryl methyl sites for hydroxylation is 1. The van der Waals surface area contributed by atoms with Gasteiger partial charge in [-0.25, -0.2) is 13.2 Å². The molecule has 0 saturated carbocycles. The molecule has 0 atom stereocenters. The van der Waals surface area contributed by atoms with Crippen LogP contribution in [0.25, 0.3) is 0 Å². The molecule has 21 heavy (non-hydrogen) atoms. The molecule has 2 rings (SSSR count). The van der Waals surface area contributed by atoms with Crippen LogP contribution in [0, 0.1) is 13.8 Å². The Kier molecular flexibility index (Phi) is 4.06. The summed E-state index contributed by atoms with van der Waals surface area (Å²) in [5.74, 6) is -1.58. The van der Waals surface area contributed by atoms with Gasteiger partial charge in [0, 0.05) is 24.3 Å². The Labute approximate surface area is 122 Å². The number of aromatic nitrogens is 1. The van der Waals surface area contributed by atoms with Gasteiger partial charge in [-0.15, -0.1) is 0 Å². The summed E-state index contributed by atoms with van der Waals surface area (Å²) in [5, 5.41) is 11.7. The first-order valence-electron chi connectivity index (χ1n) is 6.44. The average molecular weight is 315 g/mol. The zero-order chi connectivity index (χ0) is 15.8. The first kappa shape index (κ1) is 15.5. The molecule has 2 heterocycles. The van der Waals surface area contributed by atoms with Gasteiger partial charge in [0.1, 0.15) is 10.6 Å². The summed E-state index contributed by atoms with van der Waals surface area (Å²) in [7, 11) is -3.91. The van der Waals surface area contributed by atoms with Crippen molar-refractivity contribution in [2.75, 3.05) is 19.6 Å². The molecular formula is C12H17N3O5S. The second-order valence-electron chi connectivity index (χ2n) is 4.93. The van der Waals surface area contributed by atoms with Crippen LogP contribution in [-0.2, 0) is 14.8 Å². The van der Waals surface area contributed by atoms with Gasteiger partial charge in [-0.3, -0.25) is 4.79 Å². The van der Waals surface area contributed by atoms with Gasteiger partial charge in [0.05, 0.1) is 6.54 Å². The molecule has 1 fully saturated rings. The SMILES string of the molecule is Cc1[nH]c(C(=O)O)c(C)c1S(=O)(=O)N1CCCNC(=O)C1. The molecule has 1 aliphatic heterocycles. The number of hydrogen-bond donors (Lipinski definition) is 3. The average Bonchev–Trinajstić information content (AvgIpc) is 2.56. The molecule has 1 saturated heterocycles. The van der Waals surface area contributed by atoms with Crippen molar-refractivity contribution in [3.8, 4) is 0 Å². The number of hydrogen-bond acceptors (Lipinski definition) is 4. The zero-order valence-corrected chi connectivity index (χ0v) is 12.6. The number of amides is 1. The molecule has 0 aliphatic carbocycles. The Bertz CT molecular complexity index is 692. The number of sulfonamides is 1. The highest BCUT2D eigenvalue weighted by molar-refractivity contribution is 7.89. The number of carbonyl (C=O) groups excluding carboxylic acids is 1. The van der Waals surface area contributed by atoms with Gasteiger partial charge in [0.15, 0.2) is 0 Å². The Balaban J connectivity index is 2.49. The molecule has 0 radical (unpaired) electrons. The van der Waals surface area contributed by atoms with Crippen molar-refractivity contribution in [1.82, 2.24) is 14.6 Å². The van der Waals surface area contributed by atoms with Crippen LogP contribution in [0.1, 0.15) is 28.2 Å². The van der Waals surface area contributed by atoms with E-state index < -0.39 is 16.0 Å². The van der Waals surface area contributed by atoms with Crippen molar-refractivity contribution in [3.05, 3.63) is 17.0 Å². The van der Waals surface area contributed by atoms with Crippen molar-refractivity contribution in [1.29, 1.82) is 0 Å². The van der Waals surface area contributed by atoms with Crippen LogP contribution < -0.4 is 5.32 Å². The number of carboxylic acids is 1. The minimum atomic E-state index is -3.91. The van der Waals surface area contributed by atoms with E-state index in [1.807, 2.05) is 0 Å². The van der Waals surface area contributed by atoms with Crippen LogP contribution in [0.4, 0.5) is 0 Å². The van der Waals surface area contributed by atoms with E-state index in [0.717, 1.165) is 4.31 Å². The summed E-state index contributed by atoms with van der Waals surface area (Å²) in [5.41, 5.74) is 0.268. The molecule has 3 N–H and O–H groups in total. The molecule has 0 spiro atoms. The standard InChI is InChI=1S/C12H17N3O5S/c1-7-10(12(17)18)14-8(2)11(7)21(19,20)15-5-3-4-13-9(16)6-15/h14H,3-6H2,1-2H3,(H,13,16)(H,17,18). The van der Waals surface area contributed by atoms with E-state index in [4.69, 9.17) is 5.11 Å². The lowest BCUT2D eigenvalue weighted by atomic mass is 10.2. The van der Waals surface area contributed by atoms with Gasteiger partial charge in [-0.2, -0.15) is 4.31 Å². The minimum absolute atomic E-state index is 0.0606. The topological polar surface area (TPSA) is 120 Å². The summed E-state index contributed by atoms with van der Waals surface area (Å²) in [6, 6.07) is 0. The van der Waals surface area contributed by atoms with Crippen LogP contribution in [0.3, 0.4) is 0 Å². The van der Waals surface area contributed by atoms with Crippen molar-refractivity contribution >= 4 is 21.9 Å². The molecule has 0 unspecified atom stereocenters. The van der Waals surface area contributed by atoms with Gasteiger partial charge >= 0.3 is 5.97 Å². The van der Waals surface area contributed by atoms with Crippen molar-refractivity contribution in [2.45, 2.75) is 25.2 Å². The Morgan fingerprint density at radius 1 is 1.33 bits per heavy atom. The predicted molar refractivity (Wildman–Crippen MR) is 73.6 cm³/mol. The quantitative estimate of drug-likeness (QED) is 0.716.